The van der Waals surface area contributed by atoms with Gasteiger partial charge < -0.3 is 19.5 Å². The average molecular weight is 338 g/mol. The second-order valence-corrected chi connectivity index (χ2v) is 4.83. The summed E-state index contributed by atoms with van der Waals surface area (Å²) in [6, 6.07) is 4.41. The minimum absolute atomic E-state index is 0.0321. The van der Waals surface area contributed by atoms with E-state index in [1.54, 1.807) is 18.2 Å². The number of hydrogen-bond donors (Lipinski definition) is 2. The number of carbonyl (C=O) groups excluding carboxylic acids is 3. The molecule has 1 aromatic rings. The van der Waals surface area contributed by atoms with E-state index in [2.05, 4.69) is 10.6 Å². The average Bonchev–Trinajstić information content (AvgIpc) is 2.58. The normalized spacial score (nSPS) is 9.79. The molecule has 0 unspecified atom stereocenters. The molecular weight excluding hydrogens is 316 g/mol. The Morgan fingerprint density at radius 3 is 2.42 bits per heavy atom. The molecular formula is C16H22N2O6. The van der Waals surface area contributed by atoms with E-state index in [4.69, 9.17) is 14.2 Å². The molecule has 0 aliphatic heterocycles. The second kappa shape index (κ2) is 10.1. The summed E-state index contributed by atoms with van der Waals surface area (Å²) in [5.41, 5.74) is 0.652. The number of carbonyl (C=O) groups is 3. The standard InChI is InChI=1S/C16H22N2O6/c1-4-7-17-16(21)18-14(19)10-24-15(20)9-11-5-6-12(22-2)13(8-11)23-3/h5-6,8H,4,7,9-10H2,1-3H3,(H2,17,18,19,21). The fourth-order valence-corrected chi connectivity index (χ4v) is 1.80. The van der Waals surface area contributed by atoms with Crippen LogP contribution in [0.25, 0.3) is 0 Å². The minimum atomic E-state index is -0.690. The molecule has 0 atom stereocenters. The number of benzene rings is 1. The summed E-state index contributed by atoms with van der Waals surface area (Å²) in [5, 5.41) is 4.54. The predicted octanol–water partition coefficient (Wildman–Crippen LogP) is 1.03. The highest BCUT2D eigenvalue weighted by atomic mass is 16.5. The van der Waals surface area contributed by atoms with E-state index >= 15 is 0 Å². The van der Waals surface area contributed by atoms with Crippen LogP contribution >= 0.6 is 0 Å². The van der Waals surface area contributed by atoms with Crippen molar-refractivity contribution in [3.63, 3.8) is 0 Å². The Balaban J connectivity index is 2.43. The monoisotopic (exact) mass is 338 g/mol. The molecule has 1 rings (SSSR count). The first-order chi connectivity index (χ1) is 11.5. The van der Waals surface area contributed by atoms with Crippen molar-refractivity contribution in [3.05, 3.63) is 23.8 Å². The maximum atomic E-state index is 11.8. The summed E-state index contributed by atoms with van der Waals surface area (Å²) in [7, 11) is 3.01. The molecule has 0 bridgehead atoms. The van der Waals surface area contributed by atoms with E-state index in [-0.39, 0.29) is 6.42 Å². The number of hydrogen-bond acceptors (Lipinski definition) is 6. The minimum Gasteiger partial charge on any atom is -0.493 e. The van der Waals surface area contributed by atoms with Gasteiger partial charge in [0.05, 0.1) is 20.6 Å². The Morgan fingerprint density at radius 2 is 1.79 bits per heavy atom. The number of ether oxygens (including phenoxy) is 3. The van der Waals surface area contributed by atoms with Crippen LogP contribution in [-0.2, 0) is 20.7 Å². The molecule has 0 aromatic heterocycles. The lowest BCUT2D eigenvalue weighted by atomic mass is 10.1. The van der Waals surface area contributed by atoms with Crippen LogP contribution in [0.1, 0.15) is 18.9 Å². The molecule has 0 fully saturated rings. The van der Waals surface area contributed by atoms with Gasteiger partial charge in [-0.1, -0.05) is 13.0 Å². The van der Waals surface area contributed by atoms with E-state index in [1.165, 1.54) is 14.2 Å². The van der Waals surface area contributed by atoms with Gasteiger partial charge in [-0.25, -0.2) is 4.79 Å². The van der Waals surface area contributed by atoms with Gasteiger partial charge in [-0.3, -0.25) is 14.9 Å². The van der Waals surface area contributed by atoms with Gasteiger partial charge in [0.25, 0.3) is 5.91 Å². The fourth-order valence-electron chi connectivity index (χ4n) is 1.80. The van der Waals surface area contributed by atoms with Crippen LogP contribution in [0.2, 0.25) is 0 Å². The van der Waals surface area contributed by atoms with E-state index in [0.29, 0.717) is 23.6 Å². The Hall–Kier alpha value is -2.77. The van der Waals surface area contributed by atoms with Gasteiger partial charge in [-0.2, -0.15) is 0 Å². The summed E-state index contributed by atoms with van der Waals surface area (Å²) in [6.07, 6.45) is 0.720. The van der Waals surface area contributed by atoms with Crippen molar-refractivity contribution in [1.82, 2.24) is 10.6 Å². The van der Waals surface area contributed by atoms with Crippen LogP contribution in [0.4, 0.5) is 4.79 Å². The van der Waals surface area contributed by atoms with Crippen molar-refractivity contribution in [3.8, 4) is 11.5 Å². The number of nitrogens with one attached hydrogen (secondary N) is 2. The zero-order valence-corrected chi connectivity index (χ0v) is 14.0. The molecule has 3 amide bonds. The van der Waals surface area contributed by atoms with Crippen LogP contribution in [0.5, 0.6) is 11.5 Å². The second-order valence-electron chi connectivity index (χ2n) is 4.83. The van der Waals surface area contributed by atoms with E-state index in [9.17, 15) is 14.4 Å². The number of imide groups is 1. The van der Waals surface area contributed by atoms with E-state index < -0.39 is 24.5 Å². The molecule has 24 heavy (non-hydrogen) atoms. The number of amides is 3. The van der Waals surface area contributed by atoms with Crippen molar-refractivity contribution >= 4 is 17.9 Å². The Kier molecular flexibility index (Phi) is 8.10. The molecule has 0 saturated carbocycles. The third kappa shape index (κ3) is 6.55. The number of rotatable bonds is 8. The summed E-state index contributed by atoms with van der Waals surface area (Å²) in [5.74, 6) is -0.240. The van der Waals surface area contributed by atoms with Crippen LogP contribution in [-0.4, -0.2) is 45.3 Å². The smallest absolute Gasteiger partial charge is 0.321 e. The van der Waals surface area contributed by atoms with Crippen LogP contribution < -0.4 is 20.1 Å². The molecule has 0 aliphatic rings. The van der Waals surface area contributed by atoms with Crippen molar-refractivity contribution in [1.29, 1.82) is 0 Å². The van der Waals surface area contributed by atoms with Gasteiger partial charge >= 0.3 is 12.0 Å². The van der Waals surface area contributed by atoms with Gasteiger partial charge in [-0.05, 0) is 24.1 Å². The molecule has 0 aliphatic carbocycles. The van der Waals surface area contributed by atoms with Gasteiger partial charge in [0, 0.05) is 6.54 Å². The molecule has 8 nitrogen and oxygen atoms in total. The van der Waals surface area contributed by atoms with Crippen molar-refractivity contribution in [2.75, 3.05) is 27.4 Å². The maximum absolute atomic E-state index is 11.8. The molecule has 0 heterocycles. The molecule has 132 valence electrons. The lowest BCUT2D eigenvalue weighted by Crippen LogP contribution is -2.41. The third-order valence-electron chi connectivity index (χ3n) is 2.95. The Labute approximate surface area is 140 Å². The Bertz CT molecular complexity index is 588. The molecule has 0 radical (unpaired) electrons. The number of urea groups is 1. The third-order valence-corrected chi connectivity index (χ3v) is 2.95. The number of esters is 1. The van der Waals surface area contributed by atoms with Crippen LogP contribution in [0.15, 0.2) is 18.2 Å². The lowest BCUT2D eigenvalue weighted by Gasteiger charge is -2.10. The van der Waals surface area contributed by atoms with Crippen molar-refractivity contribution in [2.24, 2.45) is 0 Å². The van der Waals surface area contributed by atoms with E-state index in [0.717, 1.165) is 6.42 Å². The Morgan fingerprint density at radius 1 is 1.08 bits per heavy atom. The summed E-state index contributed by atoms with van der Waals surface area (Å²) in [4.78, 5) is 34.5. The maximum Gasteiger partial charge on any atom is 0.321 e. The highest BCUT2D eigenvalue weighted by molar-refractivity contribution is 5.95. The van der Waals surface area contributed by atoms with Crippen LogP contribution in [0.3, 0.4) is 0 Å². The summed E-state index contributed by atoms with van der Waals surface area (Å²) in [6.45, 7) is 1.82. The summed E-state index contributed by atoms with van der Waals surface area (Å²) >= 11 is 0. The van der Waals surface area contributed by atoms with Gasteiger partial charge in [0.1, 0.15) is 0 Å². The topological polar surface area (TPSA) is 103 Å². The van der Waals surface area contributed by atoms with Crippen LogP contribution in [0, 0.1) is 0 Å². The van der Waals surface area contributed by atoms with Gasteiger partial charge in [-0.15, -0.1) is 0 Å². The molecule has 0 saturated heterocycles. The fraction of sp³-hybridized carbons (Fsp3) is 0.438. The van der Waals surface area contributed by atoms with Gasteiger partial charge in [0.15, 0.2) is 18.1 Å². The predicted molar refractivity (Wildman–Crippen MR) is 86.0 cm³/mol. The molecule has 1 aromatic carbocycles. The van der Waals surface area contributed by atoms with E-state index in [1.807, 2.05) is 6.92 Å². The van der Waals surface area contributed by atoms with Crippen molar-refractivity contribution < 1.29 is 28.6 Å². The largest absolute Gasteiger partial charge is 0.493 e. The zero-order chi connectivity index (χ0) is 17.9. The quantitative estimate of drug-likeness (QED) is 0.686. The first-order valence-electron chi connectivity index (χ1n) is 7.44. The molecule has 0 spiro atoms. The SMILES string of the molecule is CCCNC(=O)NC(=O)COC(=O)Cc1ccc(OC)c(OC)c1. The van der Waals surface area contributed by atoms with Gasteiger partial charge in [0.2, 0.25) is 0 Å². The highest BCUT2D eigenvalue weighted by Crippen LogP contribution is 2.27. The first-order valence-corrected chi connectivity index (χ1v) is 7.44. The summed E-state index contributed by atoms with van der Waals surface area (Å²) < 4.78 is 15.1. The molecule has 2 N–H and O–H groups in total. The zero-order valence-electron chi connectivity index (χ0n) is 14.0. The van der Waals surface area contributed by atoms with Crippen molar-refractivity contribution in [2.45, 2.75) is 19.8 Å². The highest BCUT2D eigenvalue weighted by Gasteiger charge is 2.12. The molecule has 8 heteroatoms. The first kappa shape index (κ1) is 19.3. The number of methoxy groups -OCH3 is 2. The lowest BCUT2D eigenvalue weighted by molar-refractivity contribution is -0.147.